The van der Waals surface area contributed by atoms with Crippen LogP contribution in [0.2, 0.25) is 0 Å². The molecule has 0 aromatic rings. The molecule has 1 rings (SSSR count). The second kappa shape index (κ2) is 8.48. The zero-order valence-corrected chi connectivity index (χ0v) is 10.9. The molecule has 0 spiro atoms. The van der Waals surface area contributed by atoms with E-state index in [-0.39, 0.29) is 12.0 Å². The lowest BCUT2D eigenvalue weighted by molar-refractivity contribution is -0.121. The standard InChI is InChI=1S/C13H26N2O2/c1-11(16)3-2-8-15-13(17)5-4-12-6-9-14-10-7-12/h11-12,14,16H,2-10H2,1H3,(H,15,17). The molecule has 3 N–H and O–H groups in total. The SMILES string of the molecule is CC(O)CCCNC(=O)CCC1CCNCC1. The Morgan fingerprint density at radius 2 is 2.18 bits per heavy atom. The molecule has 1 amide bonds. The fourth-order valence-corrected chi connectivity index (χ4v) is 2.22. The number of hydrogen-bond donors (Lipinski definition) is 3. The van der Waals surface area contributed by atoms with Gasteiger partial charge in [-0.3, -0.25) is 4.79 Å². The normalized spacial score (nSPS) is 18.9. The molecule has 1 heterocycles. The Morgan fingerprint density at radius 3 is 2.82 bits per heavy atom. The van der Waals surface area contributed by atoms with Crippen LogP contribution in [0.3, 0.4) is 0 Å². The number of nitrogens with one attached hydrogen (secondary N) is 2. The monoisotopic (exact) mass is 242 g/mol. The van der Waals surface area contributed by atoms with Crippen LogP contribution in [-0.4, -0.2) is 36.8 Å². The summed E-state index contributed by atoms with van der Waals surface area (Å²) in [6.07, 6.45) is 5.43. The second-order valence-electron chi connectivity index (χ2n) is 5.07. The van der Waals surface area contributed by atoms with Crippen molar-refractivity contribution in [3.8, 4) is 0 Å². The summed E-state index contributed by atoms with van der Waals surface area (Å²) in [6, 6.07) is 0. The maximum Gasteiger partial charge on any atom is 0.220 e. The van der Waals surface area contributed by atoms with Gasteiger partial charge in [0.05, 0.1) is 6.10 Å². The molecule has 1 aliphatic rings. The highest BCUT2D eigenvalue weighted by molar-refractivity contribution is 5.75. The van der Waals surface area contributed by atoms with Gasteiger partial charge in [0, 0.05) is 13.0 Å². The van der Waals surface area contributed by atoms with E-state index in [1.807, 2.05) is 0 Å². The Kier molecular flexibility index (Phi) is 7.21. The van der Waals surface area contributed by atoms with Gasteiger partial charge in [0.1, 0.15) is 0 Å². The molecule has 100 valence electrons. The van der Waals surface area contributed by atoms with Gasteiger partial charge in [-0.2, -0.15) is 0 Å². The molecule has 0 saturated carbocycles. The molecule has 4 nitrogen and oxygen atoms in total. The van der Waals surface area contributed by atoms with Crippen molar-refractivity contribution in [1.82, 2.24) is 10.6 Å². The first-order valence-electron chi connectivity index (χ1n) is 6.84. The van der Waals surface area contributed by atoms with Crippen LogP contribution in [0.4, 0.5) is 0 Å². The van der Waals surface area contributed by atoms with E-state index >= 15 is 0 Å². The van der Waals surface area contributed by atoms with Gasteiger partial charge < -0.3 is 15.7 Å². The first-order valence-corrected chi connectivity index (χ1v) is 6.84. The number of carbonyl (C=O) groups is 1. The van der Waals surface area contributed by atoms with Crippen LogP contribution in [-0.2, 0) is 4.79 Å². The summed E-state index contributed by atoms with van der Waals surface area (Å²) in [5, 5.41) is 15.3. The number of hydrogen-bond acceptors (Lipinski definition) is 3. The Labute approximate surface area is 104 Å². The molecule has 17 heavy (non-hydrogen) atoms. The van der Waals surface area contributed by atoms with E-state index in [0.717, 1.165) is 38.3 Å². The average molecular weight is 242 g/mol. The molecule has 4 heteroatoms. The third-order valence-corrected chi connectivity index (χ3v) is 3.36. The largest absolute Gasteiger partial charge is 0.393 e. The summed E-state index contributed by atoms with van der Waals surface area (Å²) in [5.74, 6) is 0.883. The van der Waals surface area contributed by atoms with Crippen molar-refractivity contribution < 1.29 is 9.90 Å². The summed E-state index contributed by atoms with van der Waals surface area (Å²) in [6.45, 7) is 4.66. The second-order valence-corrected chi connectivity index (χ2v) is 5.07. The van der Waals surface area contributed by atoms with E-state index in [1.165, 1.54) is 12.8 Å². The van der Waals surface area contributed by atoms with Crippen molar-refractivity contribution in [2.75, 3.05) is 19.6 Å². The maximum absolute atomic E-state index is 11.5. The first-order chi connectivity index (χ1) is 8.18. The molecule has 0 aromatic heterocycles. The predicted octanol–water partition coefficient (Wildman–Crippen LogP) is 1.04. The van der Waals surface area contributed by atoms with Crippen LogP contribution >= 0.6 is 0 Å². The van der Waals surface area contributed by atoms with Gasteiger partial charge in [-0.15, -0.1) is 0 Å². The predicted molar refractivity (Wildman–Crippen MR) is 68.8 cm³/mol. The first kappa shape index (κ1) is 14.5. The van der Waals surface area contributed by atoms with Gasteiger partial charge in [0.2, 0.25) is 5.91 Å². The van der Waals surface area contributed by atoms with E-state index < -0.39 is 0 Å². The van der Waals surface area contributed by atoms with E-state index in [0.29, 0.717) is 13.0 Å². The summed E-state index contributed by atoms with van der Waals surface area (Å²) < 4.78 is 0. The van der Waals surface area contributed by atoms with Crippen molar-refractivity contribution in [2.24, 2.45) is 5.92 Å². The molecule has 1 aliphatic heterocycles. The number of carbonyl (C=O) groups excluding carboxylic acids is 1. The highest BCUT2D eigenvalue weighted by atomic mass is 16.3. The number of amides is 1. The number of aliphatic hydroxyl groups excluding tert-OH is 1. The Morgan fingerprint density at radius 1 is 1.47 bits per heavy atom. The van der Waals surface area contributed by atoms with E-state index in [2.05, 4.69) is 10.6 Å². The Balaban J connectivity index is 1.96. The summed E-state index contributed by atoms with van der Waals surface area (Å²) >= 11 is 0. The van der Waals surface area contributed by atoms with Gasteiger partial charge in [0.15, 0.2) is 0 Å². The highest BCUT2D eigenvalue weighted by Crippen LogP contribution is 2.17. The molecule has 0 aliphatic carbocycles. The van der Waals surface area contributed by atoms with Crippen LogP contribution in [0.1, 0.15) is 45.4 Å². The lowest BCUT2D eigenvalue weighted by Crippen LogP contribution is -2.29. The fourth-order valence-electron chi connectivity index (χ4n) is 2.22. The minimum Gasteiger partial charge on any atom is -0.393 e. The third kappa shape index (κ3) is 7.34. The Hall–Kier alpha value is -0.610. The van der Waals surface area contributed by atoms with Gasteiger partial charge >= 0.3 is 0 Å². The van der Waals surface area contributed by atoms with Crippen LogP contribution in [0, 0.1) is 5.92 Å². The summed E-state index contributed by atoms with van der Waals surface area (Å²) in [7, 11) is 0. The van der Waals surface area contributed by atoms with Crippen LogP contribution in [0.15, 0.2) is 0 Å². The molecule has 0 radical (unpaired) electrons. The van der Waals surface area contributed by atoms with Crippen molar-refractivity contribution >= 4 is 5.91 Å². The van der Waals surface area contributed by atoms with Crippen molar-refractivity contribution in [1.29, 1.82) is 0 Å². The quantitative estimate of drug-likeness (QED) is 0.585. The lowest BCUT2D eigenvalue weighted by Gasteiger charge is -2.22. The maximum atomic E-state index is 11.5. The van der Waals surface area contributed by atoms with E-state index in [1.54, 1.807) is 6.92 Å². The molecule has 0 bridgehead atoms. The number of aliphatic hydroxyl groups is 1. The number of piperidine rings is 1. The third-order valence-electron chi connectivity index (χ3n) is 3.36. The molecule has 1 saturated heterocycles. The summed E-state index contributed by atoms with van der Waals surface area (Å²) in [4.78, 5) is 11.5. The molecular formula is C13H26N2O2. The minimum absolute atomic E-state index is 0.161. The van der Waals surface area contributed by atoms with Crippen molar-refractivity contribution in [3.63, 3.8) is 0 Å². The lowest BCUT2D eigenvalue weighted by atomic mass is 9.93. The van der Waals surface area contributed by atoms with Gasteiger partial charge in [0.25, 0.3) is 0 Å². The van der Waals surface area contributed by atoms with E-state index in [4.69, 9.17) is 5.11 Å². The highest BCUT2D eigenvalue weighted by Gasteiger charge is 2.14. The molecule has 1 atom stereocenters. The van der Waals surface area contributed by atoms with Gasteiger partial charge in [-0.1, -0.05) is 0 Å². The van der Waals surface area contributed by atoms with Crippen LogP contribution in [0.5, 0.6) is 0 Å². The van der Waals surface area contributed by atoms with Crippen LogP contribution < -0.4 is 10.6 Å². The average Bonchev–Trinajstić information content (AvgIpc) is 2.33. The summed E-state index contributed by atoms with van der Waals surface area (Å²) in [5.41, 5.74) is 0. The minimum atomic E-state index is -0.262. The smallest absolute Gasteiger partial charge is 0.220 e. The zero-order chi connectivity index (χ0) is 12.5. The van der Waals surface area contributed by atoms with Crippen molar-refractivity contribution in [3.05, 3.63) is 0 Å². The fraction of sp³-hybridized carbons (Fsp3) is 0.923. The molecule has 1 fully saturated rings. The number of rotatable bonds is 7. The van der Waals surface area contributed by atoms with E-state index in [9.17, 15) is 4.79 Å². The molecule has 1 unspecified atom stereocenters. The Bertz CT molecular complexity index is 213. The van der Waals surface area contributed by atoms with Gasteiger partial charge in [-0.05, 0) is 58.0 Å². The van der Waals surface area contributed by atoms with Gasteiger partial charge in [-0.25, -0.2) is 0 Å². The molecular weight excluding hydrogens is 216 g/mol. The molecule has 0 aromatic carbocycles. The van der Waals surface area contributed by atoms with Crippen molar-refractivity contribution in [2.45, 2.75) is 51.6 Å². The van der Waals surface area contributed by atoms with Crippen LogP contribution in [0.25, 0.3) is 0 Å². The zero-order valence-electron chi connectivity index (χ0n) is 10.9. The topological polar surface area (TPSA) is 61.4 Å².